The van der Waals surface area contributed by atoms with Crippen LogP contribution >= 0.6 is 0 Å². The standard InChI is InChI=1S/C34H43N3O5S/c1-5-32(34(39)35-28-11-7-6-8-12-28)36(23-27-10-9-13-30(22-27)42-4)33(38)24-37(29-18-14-25(2)15-19-29)43(40,41)31-20-16-26(3)17-21-31/h9-10,13-22,28,32H,5-8,11-12,23-24H2,1-4H3,(H,35,39). The Morgan fingerprint density at radius 3 is 2.16 bits per heavy atom. The first kappa shape index (κ1) is 32.1. The third-order valence-corrected chi connectivity index (χ3v) is 9.82. The molecule has 1 aliphatic rings. The molecule has 2 amide bonds. The van der Waals surface area contributed by atoms with Crippen LogP contribution in [0.4, 0.5) is 5.69 Å². The molecule has 230 valence electrons. The lowest BCUT2D eigenvalue weighted by Crippen LogP contribution is -2.54. The Kier molecular flexibility index (Phi) is 10.9. The molecule has 0 radical (unpaired) electrons. The van der Waals surface area contributed by atoms with Gasteiger partial charge >= 0.3 is 0 Å². The summed E-state index contributed by atoms with van der Waals surface area (Å²) >= 11 is 0. The predicted octanol–water partition coefficient (Wildman–Crippen LogP) is 5.76. The van der Waals surface area contributed by atoms with Crippen LogP contribution in [-0.4, -0.2) is 50.9 Å². The number of aryl methyl sites for hydroxylation is 2. The van der Waals surface area contributed by atoms with Gasteiger partial charge < -0.3 is 15.0 Å². The molecule has 3 aromatic rings. The van der Waals surface area contributed by atoms with Crippen molar-refractivity contribution in [2.75, 3.05) is 18.0 Å². The lowest BCUT2D eigenvalue weighted by Gasteiger charge is -2.34. The number of rotatable bonds is 12. The third-order valence-electron chi connectivity index (χ3n) is 8.03. The van der Waals surface area contributed by atoms with Gasteiger partial charge in [0.05, 0.1) is 17.7 Å². The Morgan fingerprint density at radius 1 is 0.930 bits per heavy atom. The highest BCUT2D eigenvalue weighted by atomic mass is 32.2. The zero-order valence-corrected chi connectivity index (χ0v) is 26.4. The molecule has 8 nitrogen and oxygen atoms in total. The monoisotopic (exact) mass is 605 g/mol. The molecule has 3 aromatic carbocycles. The summed E-state index contributed by atoms with van der Waals surface area (Å²) in [6.45, 7) is 5.34. The maximum Gasteiger partial charge on any atom is 0.264 e. The van der Waals surface area contributed by atoms with E-state index < -0.39 is 28.5 Å². The maximum atomic E-state index is 14.3. The number of nitrogens with zero attached hydrogens (tertiary/aromatic N) is 2. The predicted molar refractivity (Wildman–Crippen MR) is 170 cm³/mol. The number of carbonyl (C=O) groups is 2. The largest absolute Gasteiger partial charge is 0.497 e. The zero-order chi connectivity index (χ0) is 31.0. The molecule has 0 spiro atoms. The molecule has 0 heterocycles. The summed E-state index contributed by atoms with van der Waals surface area (Å²) in [5.41, 5.74) is 3.05. The number of hydrogen-bond donors (Lipinski definition) is 1. The number of sulfonamides is 1. The zero-order valence-electron chi connectivity index (χ0n) is 25.6. The Hall–Kier alpha value is -3.85. The van der Waals surface area contributed by atoms with Gasteiger partial charge in [0.2, 0.25) is 11.8 Å². The average molecular weight is 606 g/mol. The van der Waals surface area contributed by atoms with Gasteiger partial charge in [-0.25, -0.2) is 8.42 Å². The number of hydrogen-bond acceptors (Lipinski definition) is 5. The normalized spacial score (nSPS) is 14.5. The average Bonchev–Trinajstić information content (AvgIpc) is 3.01. The number of ether oxygens (including phenoxy) is 1. The molecule has 43 heavy (non-hydrogen) atoms. The summed E-state index contributed by atoms with van der Waals surface area (Å²) in [5.74, 6) is -0.0496. The molecule has 4 rings (SSSR count). The topological polar surface area (TPSA) is 96.0 Å². The second-order valence-electron chi connectivity index (χ2n) is 11.3. The molecular formula is C34H43N3O5S. The summed E-state index contributed by atoms with van der Waals surface area (Å²) < 4.78 is 34.6. The summed E-state index contributed by atoms with van der Waals surface area (Å²) in [4.78, 5) is 29.6. The smallest absolute Gasteiger partial charge is 0.264 e. The van der Waals surface area contributed by atoms with E-state index in [1.165, 1.54) is 4.90 Å². The number of methoxy groups -OCH3 is 1. The molecule has 0 bridgehead atoms. The van der Waals surface area contributed by atoms with E-state index in [1.54, 1.807) is 43.5 Å². The van der Waals surface area contributed by atoms with Gasteiger partial charge in [-0.05, 0) is 75.1 Å². The highest BCUT2D eigenvalue weighted by Gasteiger charge is 2.34. The lowest BCUT2D eigenvalue weighted by molar-refractivity contribution is -0.140. The van der Waals surface area contributed by atoms with Crippen molar-refractivity contribution in [3.8, 4) is 5.75 Å². The highest BCUT2D eigenvalue weighted by Crippen LogP contribution is 2.26. The van der Waals surface area contributed by atoms with Crippen LogP contribution in [-0.2, 0) is 26.2 Å². The van der Waals surface area contributed by atoms with Gasteiger partial charge in [-0.2, -0.15) is 0 Å². The molecule has 0 saturated heterocycles. The summed E-state index contributed by atoms with van der Waals surface area (Å²) in [6, 6.07) is 20.3. The van der Waals surface area contributed by atoms with E-state index in [9.17, 15) is 18.0 Å². The van der Waals surface area contributed by atoms with E-state index >= 15 is 0 Å². The Balaban J connectivity index is 1.71. The molecule has 1 atom stereocenters. The van der Waals surface area contributed by atoms with Gasteiger partial charge in [0.15, 0.2) is 0 Å². The summed E-state index contributed by atoms with van der Waals surface area (Å²) in [6.07, 6.45) is 5.51. The van der Waals surface area contributed by atoms with Crippen LogP contribution in [0.3, 0.4) is 0 Å². The van der Waals surface area contributed by atoms with Crippen molar-refractivity contribution in [2.45, 2.75) is 82.8 Å². The van der Waals surface area contributed by atoms with E-state index in [1.807, 2.05) is 57.2 Å². The Morgan fingerprint density at radius 2 is 1.56 bits per heavy atom. The SMILES string of the molecule is CCC(C(=O)NC1CCCCC1)N(Cc1cccc(OC)c1)C(=O)CN(c1ccc(C)cc1)S(=O)(=O)c1ccc(C)cc1. The summed E-state index contributed by atoms with van der Waals surface area (Å²) in [5, 5.41) is 3.18. The Bertz CT molecular complexity index is 1480. The van der Waals surface area contributed by atoms with Crippen LogP contribution in [0.1, 0.15) is 62.1 Å². The van der Waals surface area contributed by atoms with E-state index in [4.69, 9.17) is 4.74 Å². The van der Waals surface area contributed by atoms with Gasteiger partial charge in [-0.1, -0.05) is 73.7 Å². The van der Waals surface area contributed by atoms with Gasteiger partial charge in [0, 0.05) is 12.6 Å². The number of benzene rings is 3. The molecule has 1 unspecified atom stereocenters. The molecule has 1 fully saturated rings. The van der Waals surface area contributed by atoms with Crippen LogP contribution < -0.4 is 14.4 Å². The van der Waals surface area contributed by atoms with E-state index in [0.717, 1.165) is 53.1 Å². The maximum absolute atomic E-state index is 14.3. The van der Waals surface area contributed by atoms with E-state index in [-0.39, 0.29) is 23.4 Å². The fourth-order valence-electron chi connectivity index (χ4n) is 5.51. The minimum absolute atomic E-state index is 0.0787. The minimum Gasteiger partial charge on any atom is -0.497 e. The van der Waals surface area contributed by atoms with Crippen molar-refractivity contribution in [3.05, 3.63) is 89.5 Å². The number of nitrogens with one attached hydrogen (secondary N) is 1. The first-order valence-electron chi connectivity index (χ1n) is 15.0. The van der Waals surface area contributed by atoms with Crippen molar-refractivity contribution in [3.63, 3.8) is 0 Å². The molecule has 0 aliphatic heterocycles. The highest BCUT2D eigenvalue weighted by molar-refractivity contribution is 7.92. The number of anilines is 1. The van der Waals surface area contributed by atoms with Crippen molar-refractivity contribution in [1.82, 2.24) is 10.2 Å². The Labute approximate surface area is 256 Å². The third kappa shape index (κ3) is 8.16. The molecule has 9 heteroatoms. The van der Waals surface area contributed by atoms with Gasteiger partial charge in [0.1, 0.15) is 18.3 Å². The molecule has 1 saturated carbocycles. The van der Waals surface area contributed by atoms with Crippen LogP contribution in [0.2, 0.25) is 0 Å². The van der Waals surface area contributed by atoms with Crippen LogP contribution in [0, 0.1) is 13.8 Å². The first-order valence-corrected chi connectivity index (χ1v) is 16.4. The van der Waals surface area contributed by atoms with Gasteiger partial charge in [-0.3, -0.25) is 13.9 Å². The fourth-order valence-corrected chi connectivity index (χ4v) is 6.92. The van der Waals surface area contributed by atoms with E-state index in [2.05, 4.69) is 5.32 Å². The second kappa shape index (κ2) is 14.6. The summed E-state index contributed by atoms with van der Waals surface area (Å²) in [7, 11) is -2.53. The quantitative estimate of drug-likeness (QED) is 0.283. The molecular weight excluding hydrogens is 562 g/mol. The lowest BCUT2D eigenvalue weighted by atomic mass is 9.95. The van der Waals surface area contributed by atoms with Crippen LogP contribution in [0.5, 0.6) is 5.75 Å². The van der Waals surface area contributed by atoms with Crippen molar-refractivity contribution in [2.24, 2.45) is 0 Å². The van der Waals surface area contributed by atoms with Crippen LogP contribution in [0.25, 0.3) is 0 Å². The number of carbonyl (C=O) groups excluding carboxylic acids is 2. The van der Waals surface area contributed by atoms with E-state index in [0.29, 0.717) is 17.9 Å². The molecule has 0 aromatic heterocycles. The minimum atomic E-state index is -4.11. The van der Waals surface area contributed by atoms with Crippen molar-refractivity contribution < 1.29 is 22.7 Å². The first-order chi connectivity index (χ1) is 20.6. The van der Waals surface area contributed by atoms with Crippen molar-refractivity contribution >= 4 is 27.5 Å². The van der Waals surface area contributed by atoms with Crippen LogP contribution in [0.15, 0.2) is 77.7 Å². The molecule has 1 N–H and O–H groups in total. The van der Waals surface area contributed by atoms with Gasteiger partial charge in [0.25, 0.3) is 10.0 Å². The second-order valence-corrected chi connectivity index (χ2v) is 13.2. The molecule has 1 aliphatic carbocycles. The van der Waals surface area contributed by atoms with Crippen molar-refractivity contribution in [1.29, 1.82) is 0 Å². The van der Waals surface area contributed by atoms with Gasteiger partial charge in [-0.15, -0.1) is 0 Å². The fraction of sp³-hybridized carbons (Fsp3) is 0.412. The number of amides is 2.